The summed E-state index contributed by atoms with van der Waals surface area (Å²) in [5.74, 6) is 1.07. The fourth-order valence-corrected chi connectivity index (χ4v) is 1.95. The van der Waals surface area contributed by atoms with E-state index in [1.54, 1.807) is 4.90 Å². The van der Waals surface area contributed by atoms with Crippen LogP contribution >= 0.6 is 0 Å². The summed E-state index contributed by atoms with van der Waals surface area (Å²) in [5.41, 5.74) is 0. The first kappa shape index (κ1) is 11.9. The maximum atomic E-state index is 2.32. The SMILES string of the molecule is CCCCC1CC[NH+](C)CC1.[F-]. The van der Waals surface area contributed by atoms with E-state index in [4.69, 9.17) is 0 Å². The normalized spacial score (nSPS) is 29.5. The number of unbranched alkanes of at least 4 members (excludes halogenated alkanes) is 1. The van der Waals surface area contributed by atoms with Crippen molar-refractivity contribution >= 4 is 0 Å². The minimum atomic E-state index is 0. The monoisotopic (exact) mass is 175 g/mol. The minimum absolute atomic E-state index is 0. The Kier molecular flexibility index (Phi) is 6.35. The lowest BCUT2D eigenvalue weighted by atomic mass is 9.92. The second kappa shape index (κ2) is 6.41. The Balaban J connectivity index is 0.00000121. The number of hydrogen-bond donors (Lipinski definition) is 1. The van der Waals surface area contributed by atoms with E-state index in [1.807, 2.05) is 0 Å². The van der Waals surface area contributed by atoms with Gasteiger partial charge in [-0.3, -0.25) is 0 Å². The summed E-state index contributed by atoms with van der Waals surface area (Å²) in [4.78, 5) is 1.73. The van der Waals surface area contributed by atoms with Crippen molar-refractivity contribution in [3.05, 3.63) is 0 Å². The lowest BCUT2D eigenvalue weighted by Gasteiger charge is -2.26. The van der Waals surface area contributed by atoms with Crippen LogP contribution in [0.2, 0.25) is 0 Å². The van der Waals surface area contributed by atoms with Crippen LogP contribution in [0.4, 0.5) is 0 Å². The third-order valence-electron chi connectivity index (χ3n) is 2.92. The quantitative estimate of drug-likeness (QED) is 0.511. The second-order valence-corrected chi connectivity index (χ2v) is 4.04. The molecule has 0 saturated carbocycles. The summed E-state index contributed by atoms with van der Waals surface area (Å²) in [6.45, 7) is 5.11. The molecule has 0 aliphatic carbocycles. The van der Waals surface area contributed by atoms with Crippen molar-refractivity contribution < 1.29 is 9.60 Å². The first-order valence-electron chi connectivity index (χ1n) is 5.14. The Morgan fingerprint density at radius 3 is 2.33 bits per heavy atom. The van der Waals surface area contributed by atoms with Gasteiger partial charge >= 0.3 is 0 Å². The van der Waals surface area contributed by atoms with Crippen LogP contribution in [0.15, 0.2) is 0 Å². The summed E-state index contributed by atoms with van der Waals surface area (Å²) in [6, 6.07) is 0. The van der Waals surface area contributed by atoms with E-state index >= 15 is 0 Å². The molecular formula is C10H22FN. The van der Waals surface area contributed by atoms with Crippen molar-refractivity contribution in [2.24, 2.45) is 5.92 Å². The third kappa shape index (κ3) is 4.05. The van der Waals surface area contributed by atoms with Crippen LogP contribution in [0, 0.1) is 5.92 Å². The van der Waals surface area contributed by atoms with Crippen LogP contribution in [-0.2, 0) is 0 Å². The number of piperidine rings is 1. The van der Waals surface area contributed by atoms with Crippen molar-refractivity contribution in [2.45, 2.75) is 39.0 Å². The van der Waals surface area contributed by atoms with Crippen LogP contribution in [0.3, 0.4) is 0 Å². The molecule has 0 unspecified atom stereocenters. The topological polar surface area (TPSA) is 4.44 Å². The van der Waals surface area contributed by atoms with E-state index in [1.165, 1.54) is 45.2 Å². The van der Waals surface area contributed by atoms with Crippen molar-refractivity contribution in [2.75, 3.05) is 20.1 Å². The number of hydrogen-bond acceptors (Lipinski definition) is 0. The van der Waals surface area contributed by atoms with Gasteiger partial charge in [0.2, 0.25) is 0 Å². The molecule has 1 nitrogen and oxygen atoms in total. The van der Waals surface area contributed by atoms with E-state index in [-0.39, 0.29) is 4.70 Å². The van der Waals surface area contributed by atoms with E-state index < -0.39 is 0 Å². The van der Waals surface area contributed by atoms with Crippen LogP contribution in [-0.4, -0.2) is 20.1 Å². The maximum absolute atomic E-state index is 2.32. The van der Waals surface area contributed by atoms with Gasteiger partial charge in [-0.1, -0.05) is 26.2 Å². The summed E-state index contributed by atoms with van der Waals surface area (Å²) in [6.07, 6.45) is 7.27. The van der Waals surface area contributed by atoms with Gasteiger partial charge in [0.25, 0.3) is 0 Å². The molecule has 12 heavy (non-hydrogen) atoms. The summed E-state index contributed by atoms with van der Waals surface area (Å²) in [5, 5.41) is 0. The molecule has 0 aromatic heterocycles. The van der Waals surface area contributed by atoms with Gasteiger partial charge in [-0.2, -0.15) is 0 Å². The molecule has 74 valence electrons. The largest absolute Gasteiger partial charge is 1.00 e. The second-order valence-electron chi connectivity index (χ2n) is 4.04. The van der Waals surface area contributed by atoms with Crippen molar-refractivity contribution in [1.82, 2.24) is 0 Å². The standard InChI is InChI=1S/C10H21N.FH/c1-3-4-5-10-6-8-11(2)9-7-10;/h10H,3-9H2,1-2H3;1H. The fraction of sp³-hybridized carbons (Fsp3) is 1.00. The predicted molar refractivity (Wildman–Crippen MR) is 48.9 cm³/mol. The molecule has 1 aliphatic rings. The lowest BCUT2D eigenvalue weighted by molar-refractivity contribution is -0.886. The molecule has 1 rings (SSSR count). The first-order chi connectivity index (χ1) is 5.33. The molecule has 1 fully saturated rings. The summed E-state index contributed by atoms with van der Waals surface area (Å²) in [7, 11) is 2.32. The molecule has 1 N–H and O–H groups in total. The van der Waals surface area contributed by atoms with E-state index in [0.717, 1.165) is 5.92 Å². The molecule has 0 amide bonds. The highest BCUT2D eigenvalue weighted by Crippen LogP contribution is 2.16. The van der Waals surface area contributed by atoms with Gasteiger partial charge < -0.3 is 9.60 Å². The van der Waals surface area contributed by atoms with Gasteiger partial charge in [0, 0.05) is 0 Å². The molecule has 0 bridgehead atoms. The van der Waals surface area contributed by atoms with Crippen LogP contribution < -0.4 is 9.60 Å². The van der Waals surface area contributed by atoms with Crippen LogP contribution in [0.5, 0.6) is 0 Å². The number of quaternary nitrogens is 1. The van der Waals surface area contributed by atoms with E-state index in [9.17, 15) is 0 Å². The van der Waals surface area contributed by atoms with E-state index in [0.29, 0.717) is 0 Å². The summed E-state index contributed by atoms with van der Waals surface area (Å²) >= 11 is 0. The van der Waals surface area contributed by atoms with Gasteiger partial charge in [-0.25, -0.2) is 0 Å². The van der Waals surface area contributed by atoms with Gasteiger partial charge in [-0.15, -0.1) is 0 Å². The number of nitrogens with one attached hydrogen (secondary N) is 1. The Morgan fingerprint density at radius 1 is 1.25 bits per heavy atom. The Labute approximate surface area is 75.5 Å². The van der Waals surface area contributed by atoms with Crippen molar-refractivity contribution in [3.8, 4) is 0 Å². The summed E-state index contributed by atoms with van der Waals surface area (Å²) < 4.78 is 0. The van der Waals surface area contributed by atoms with Crippen LogP contribution in [0.25, 0.3) is 0 Å². The molecule has 0 atom stereocenters. The predicted octanol–water partition coefficient (Wildman–Crippen LogP) is -1.89. The average molecular weight is 175 g/mol. The van der Waals surface area contributed by atoms with Gasteiger partial charge in [0.15, 0.2) is 0 Å². The zero-order valence-electron chi connectivity index (χ0n) is 8.41. The number of likely N-dealkylation sites (tertiary alicyclic amines) is 1. The number of halogens is 1. The van der Waals surface area contributed by atoms with Gasteiger partial charge in [0.1, 0.15) is 0 Å². The van der Waals surface area contributed by atoms with Crippen molar-refractivity contribution in [1.29, 1.82) is 0 Å². The highest BCUT2D eigenvalue weighted by Gasteiger charge is 2.17. The van der Waals surface area contributed by atoms with Gasteiger partial charge in [0.05, 0.1) is 20.1 Å². The van der Waals surface area contributed by atoms with Gasteiger partial charge in [-0.05, 0) is 18.8 Å². The smallest absolute Gasteiger partial charge is 0.0771 e. The zero-order valence-corrected chi connectivity index (χ0v) is 8.41. The Morgan fingerprint density at radius 2 is 1.83 bits per heavy atom. The third-order valence-corrected chi connectivity index (χ3v) is 2.92. The molecule has 0 aromatic rings. The molecule has 0 radical (unpaired) electrons. The highest BCUT2D eigenvalue weighted by atomic mass is 19.0. The maximum Gasteiger partial charge on any atom is 0.0771 e. The van der Waals surface area contributed by atoms with Crippen molar-refractivity contribution in [3.63, 3.8) is 0 Å². The molecule has 0 spiro atoms. The van der Waals surface area contributed by atoms with Crippen LogP contribution in [0.1, 0.15) is 39.0 Å². The molecular weight excluding hydrogens is 153 g/mol. The zero-order chi connectivity index (χ0) is 8.10. The number of rotatable bonds is 3. The first-order valence-corrected chi connectivity index (χ1v) is 5.14. The van der Waals surface area contributed by atoms with E-state index in [2.05, 4.69) is 14.0 Å². The molecule has 1 aliphatic heterocycles. The highest BCUT2D eigenvalue weighted by molar-refractivity contribution is 4.61. The Hall–Kier alpha value is -0.110. The molecule has 2 heteroatoms. The molecule has 1 heterocycles. The Bertz CT molecular complexity index is 95.3. The lowest BCUT2D eigenvalue weighted by Crippen LogP contribution is -3.10. The molecule has 0 aromatic carbocycles. The molecule has 1 saturated heterocycles. The average Bonchev–Trinajstić information content (AvgIpc) is 2.04. The minimum Gasteiger partial charge on any atom is -1.00 e. The fourth-order valence-electron chi connectivity index (χ4n) is 1.95.